The Balaban J connectivity index is 3.04. The standard InChI is InChI=1S/C17H31F3O2/c18-17(19,20)15-13-11-9-7-5-3-1-2-4-6-8-10-12-14-16(21)22/h1-15H2,(H,21,22). The number of alkyl halides is 3. The summed E-state index contributed by atoms with van der Waals surface area (Å²) < 4.78 is 35.7. The Morgan fingerprint density at radius 1 is 0.636 bits per heavy atom. The normalized spacial score (nSPS) is 11.8. The molecule has 0 fully saturated rings. The number of hydrogen-bond donors (Lipinski definition) is 1. The number of hydrogen-bond acceptors (Lipinski definition) is 1. The van der Waals surface area contributed by atoms with Crippen molar-refractivity contribution < 1.29 is 23.1 Å². The van der Waals surface area contributed by atoms with Gasteiger partial charge in [0.05, 0.1) is 0 Å². The van der Waals surface area contributed by atoms with Gasteiger partial charge in [0, 0.05) is 12.8 Å². The third-order valence-corrected chi connectivity index (χ3v) is 3.85. The summed E-state index contributed by atoms with van der Waals surface area (Å²) in [4.78, 5) is 10.3. The molecule has 0 aliphatic carbocycles. The van der Waals surface area contributed by atoms with Crippen LogP contribution in [0.25, 0.3) is 0 Å². The lowest BCUT2D eigenvalue weighted by Crippen LogP contribution is -2.06. The van der Waals surface area contributed by atoms with Crippen LogP contribution in [0, 0.1) is 0 Å². The molecule has 0 amide bonds. The minimum Gasteiger partial charge on any atom is -0.481 e. The summed E-state index contributed by atoms with van der Waals surface area (Å²) in [6.07, 6.45) is 8.59. The highest BCUT2D eigenvalue weighted by Crippen LogP contribution is 2.23. The molecule has 0 heterocycles. The largest absolute Gasteiger partial charge is 0.481 e. The first-order valence-corrected chi connectivity index (χ1v) is 8.70. The van der Waals surface area contributed by atoms with Crippen molar-refractivity contribution in [1.29, 1.82) is 0 Å². The molecule has 0 radical (unpaired) electrons. The molecular formula is C17H31F3O2. The van der Waals surface area contributed by atoms with Gasteiger partial charge in [-0.1, -0.05) is 70.6 Å². The molecule has 0 saturated carbocycles. The van der Waals surface area contributed by atoms with E-state index in [0.29, 0.717) is 6.42 Å². The Morgan fingerprint density at radius 2 is 0.955 bits per heavy atom. The van der Waals surface area contributed by atoms with Crippen molar-refractivity contribution in [2.75, 3.05) is 0 Å². The second-order valence-electron chi connectivity index (χ2n) is 6.11. The van der Waals surface area contributed by atoms with Crippen LogP contribution in [0.4, 0.5) is 13.2 Å². The molecule has 5 heteroatoms. The van der Waals surface area contributed by atoms with Crippen molar-refractivity contribution in [1.82, 2.24) is 0 Å². The van der Waals surface area contributed by atoms with Gasteiger partial charge in [-0.15, -0.1) is 0 Å². The van der Waals surface area contributed by atoms with E-state index in [1.165, 1.54) is 32.1 Å². The summed E-state index contributed by atoms with van der Waals surface area (Å²) in [7, 11) is 0. The van der Waals surface area contributed by atoms with E-state index in [-0.39, 0.29) is 12.8 Å². The van der Waals surface area contributed by atoms with E-state index in [1.54, 1.807) is 0 Å². The monoisotopic (exact) mass is 324 g/mol. The number of unbranched alkanes of at least 4 members (excludes halogenated alkanes) is 12. The van der Waals surface area contributed by atoms with E-state index in [9.17, 15) is 18.0 Å². The average molecular weight is 324 g/mol. The lowest BCUT2D eigenvalue weighted by Gasteiger charge is -2.05. The fourth-order valence-corrected chi connectivity index (χ4v) is 2.55. The quantitative estimate of drug-likeness (QED) is 0.350. The lowest BCUT2D eigenvalue weighted by molar-refractivity contribution is -0.137. The molecule has 0 aliphatic rings. The van der Waals surface area contributed by atoms with Crippen LogP contribution < -0.4 is 0 Å². The molecule has 0 aliphatic heterocycles. The number of carboxylic acid groups (broad SMARTS) is 1. The van der Waals surface area contributed by atoms with Crippen molar-refractivity contribution in [2.24, 2.45) is 0 Å². The Morgan fingerprint density at radius 3 is 1.27 bits per heavy atom. The van der Waals surface area contributed by atoms with Gasteiger partial charge in [0.1, 0.15) is 0 Å². The molecule has 0 saturated heterocycles. The third kappa shape index (κ3) is 19.3. The summed E-state index contributed by atoms with van der Waals surface area (Å²) in [5.74, 6) is -0.710. The molecule has 0 atom stereocenters. The summed E-state index contributed by atoms with van der Waals surface area (Å²) in [5, 5.41) is 8.49. The smallest absolute Gasteiger partial charge is 0.389 e. The minimum atomic E-state index is -3.99. The molecule has 1 N–H and O–H groups in total. The lowest BCUT2D eigenvalue weighted by atomic mass is 10.0. The second-order valence-corrected chi connectivity index (χ2v) is 6.11. The molecule has 0 rings (SSSR count). The summed E-state index contributed by atoms with van der Waals surface area (Å²) in [6, 6.07) is 0. The molecule has 132 valence electrons. The number of carbonyl (C=O) groups is 1. The number of halogens is 3. The molecule has 0 bridgehead atoms. The molecule has 0 spiro atoms. The average Bonchev–Trinajstić information content (AvgIpc) is 2.41. The van der Waals surface area contributed by atoms with Crippen molar-refractivity contribution in [2.45, 2.75) is 102 Å². The maximum Gasteiger partial charge on any atom is 0.389 e. The third-order valence-electron chi connectivity index (χ3n) is 3.85. The summed E-state index contributed by atoms with van der Waals surface area (Å²) >= 11 is 0. The first-order chi connectivity index (χ1) is 10.4. The van der Waals surface area contributed by atoms with Gasteiger partial charge in [-0.25, -0.2) is 0 Å². The Hall–Kier alpha value is -0.740. The molecular weight excluding hydrogens is 293 g/mol. The van der Waals surface area contributed by atoms with Crippen LogP contribution in [0.15, 0.2) is 0 Å². The number of carboxylic acids is 1. The molecule has 22 heavy (non-hydrogen) atoms. The van der Waals surface area contributed by atoms with Gasteiger partial charge in [-0.2, -0.15) is 13.2 Å². The molecule has 0 unspecified atom stereocenters. The van der Waals surface area contributed by atoms with Gasteiger partial charge in [-0.3, -0.25) is 4.79 Å². The molecule has 0 aromatic heterocycles. The zero-order chi connectivity index (χ0) is 16.7. The van der Waals surface area contributed by atoms with Gasteiger partial charge in [0.25, 0.3) is 0 Å². The van der Waals surface area contributed by atoms with Gasteiger partial charge in [0.15, 0.2) is 0 Å². The predicted molar refractivity (Wildman–Crippen MR) is 82.9 cm³/mol. The van der Waals surface area contributed by atoms with E-state index in [4.69, 9.17) is 5.11 Å². The first-order valence-electron chi connectivity index (χ1n) is 8.70. The van der Waals surface area contributed by atoms with Crippen LogP contribution in [0.1, 0.15) is 96.3 Å². The second kappa shape index (κ2) is 13.9. The van der Waals surface area contributed by atoms with Crippen LogP contribution in [-0.2, 0) is 4.79 Å². The Bertz CT molecular complexity index is 265. The fourth-order valence-electron chi connectivity index (χ4n) is 2.55. The van der Waals surface area contributed by atoms with Gasteiger partial charge in [0.2, 0.25) is 0 Å². The van der Waals surface area contributed by atoms with E-state index in [0.717, 1.165) is 38.5 Å². The predicted octanol–water partition coefficient (Wildman–Crippen LogP) is 6.48. The van der Waals surface area contributed by atoms with Gasteiger partial charge >= 0.3 is 12.1 Å². The first kappa shape index (κ1) is 21.3. The minimum absolute atomic E-state index is 0.269. The van der Waals surface area contributed by atoms with E-state index in [2.05, 4.69) is 0 Å². The Kier molecular flexibility index (Phi) is 13.4. The van der Waals surface area contributed by atoms with Crippen molar-refractivity contribution in [3.63, 3.8) is 0 Å². The van der Waals surface area contributed by atoms with Gasteiger partial charge < -0.3 is 5.11 Å². The summed E-state index contributed by atoms with van der Waals surface area (Å²) in [5.41, 5.74) is 0. The summed E-state index contributed by atoms with van der Waals surface area (Å²) in [6.45, 7) is 0. The molecule has 2 nitrogen and oxygen atoms in total. The van der Waals surface area contributed by atoms with Crippen LogP contribution in [0.3, 0.4) is 0 Å². The van der Waals surface area contributed by atoms with E-state index in [1.807, 2.05) is 0 Å². The number of rotatable bonds is 15. The topological polar surface area (TPSA) is 37.3 Å². The highest BCUT2D eigenvalue weighted by molar-refractivity contribution is 5.66. The van der Waals surface area contributed by atoms with Crippen molar-refractivity contribution in [3.8, 4) is 0 Å². The van der Waals surface area contributed by atoms with Crippen LogP contribution in [0.2, 0.25) is 0 Å². The van der Waals surface area contributed by atoms with E-state index < -0.39 is 18.6 Å². The van der Waals surface area contributed by atoms with Crippen LogP contribution in [-0.4, -0.2) is 17.3 Å². The highest BCUT2D eigenvalue weighted by Gasteiger charge is 2.25. The maximum absolute atomic E-state index is 11.9. The van der Waals surface area contributed by atoms with Crippen LogP contribution in [0.5, 0.6) is 0 Å². The van der Waals surface area contributed by atoms with Crippen molar-refractivity contribution in [3.05, 3.63) is 0 Å². The van der Waals surface area contributed by atoms with Crippen molar-refractivity contribution >= 4 is 5.97 Å². The zero-order valence-corrected chi connectivity index (χ0v) is 13.6. The molecule has 0 aromatic carbocycles. The zero-order valence-electron chi connectivity index (χ0n) is 13.6. The van der Waals surface area contributed by atoms with Gasteiger partial charge in [-0.05, 0) is 12.8 Å². The number of aliphatic carboxylic acids is 1. The maximum atomic E-state index is 11.9. The highest BCUT2D eigenvalue weighted by atomic mass is 19.4. The fraction of sp³-hybridized carbons (Fsp3) is 0.941. The Labute approximate surface area is 132 Å². The van der Waals surface area contributed by atoms with Crippen LogP contribution >= 0.6 is 0 Å². The van der Waals surface area contributed by atoms with E-state index >= 15 is 0 Å². The SMILES string of the molecule is O=C(O)CCCCCCCCCCCCCCCC(F)(F)F. The molecule has 0 aromatic rings.